The van der Waals surface area contributed by atoms with Crippen LogP contribution in [-0.2, 0) is 4.74 Å². The van der Waals surface area contributed by atoms with Crippen LogP contribution in [0.25, 0.3) is 0 Å². The second kappa shape index (κ2) is 6.65. The first kappa shape index (κ1) is 15.2. The molecular weight excluding hydrogens is 306 g/mol. The Morgan fingerprint density at radius 2 is 1.87 bits per heavy atom. The van der Waals surface area contributed by atoms with Gasteiger partial charge in [-0.3, -0.25) is 0 Å². The molecule has 0 amide bonds. The second-order valence-corrected chi connectivity index (χ2v) is 7.43. The quantitative estimate of drug-likeness (QED) is 0.833. The normalized spacial score (nSPS) is 29.6. The van der Waals surface area contributed by atoms with E-state index in [1.165, 1.54) is 31.4 Å². The fourth-order valence-electron chi connectivity index (χ4n) is 4.33. The third-order valence-corrected chi connectivity index (χ3v) is 5.78. The summed E-state index contributed by atoms with van der Waals surface area (Å²) < 4.78 is 5.40. The van der Waals surface area contributed by atoms with Crippen LogP contribution in [0, 0.1) is 11.8 Å². The molecule has 1 aromatic carbocycles. The number of hydrogen-bond acceptors (Lipinski definition) is 3. The van der Waals surface area contributed by atoms with Gasteiger partial charge in [0, 0.05) is 30.5 Å². The predicted octanol–water partition coefficient (Wildman–Crippen LogP) is 3.00. The smallest absolute Gasteiger partial charge is 0.171 e. The molecule has 5 heteroatoms. The minimum atomic E-state index is 0.585. The number of morpholine rings is 1. The zero-order valence-electron chi connectivity index (χ0n) is 13.5. The molecule has 0 unspecified atom stereocenters. The van der Waals surface area contributed by atoms with Crippen LogP contribution in [0.5, 0.6) is 0 Å². The summed E-state index contributed by atoms with van der Waals surface area (Å²) in [6.07, 6.45) is 5.49. The summed E-state index contributed by atoms with van der Waals surface area (Å²) in [5.74, 6) is 1.77. The van der Waals surface area contributed by atoms with Gasteiger partial charge in [0.25, 0.3) is 0 Å². The average molecular weight is 331 g/mol. The molecular formula is C18H25N3OS. The molecule has 0 aromatic heterocycles. The molecule has 4 rings (SSSR count). The van der Waals surface area contributed by atoms with Crippen LogP contribution in [0.1, 0.15) is 25.7 Å². The molecule has 0 radical (unpaired) electrons. The molecule has 3 fully saturated rings. The number of anilines is 2. The predicted molar refractivity (Wildman–Crippen MR) is 98.1 cm³/mol. The lowest BCUT2D eigenvalue weighted by Crippen LogP contribution is -2.40. The summed E-state index contributed by atoms with van der Waals surface area (Å²) in [4.78, 5) is 2.36. The number of rotatable bonds is 3. The van der Waals surface area contributed by atoms with Crippen LogP contribution in [0.15, 0.2) is 24.3 Å². The summed E-state index contributed by atoms with van der Waals surface area (Å²) in [5, 5.41) is 7.63. The van der Waals surface area contributed by atoms with Crippen LogP contribution in [0.4, 0.5) is 11.4 Å². The largest absolute Gasteiger partial charge is 0.378 e. The number of fused-ring (bicyclic) bond motifs is 2. The van der Waals surface area contributed by atoms with Gasteiger partial charge in [0.2, 0.25) is 0 Å². The highest BCUT2D eigenvalue weighted by atomic mass is 32.1. The number of benzene rings is 1. The van der Waals surface area contributed by atoms with E-state index in [0.717, 1.165) is 48.9 Å². The van der Waals surface area contributed by atoms with Crippen molar-refractivity contribution in [2.24, 2.45) is 11.8 Å². The Balaban J connectivity index is 1.30. The summed E-state index contributed by atoms with van der Waals surface area (Å²) in [5.41, 5.74) is 2.31. The van der Waals surface area contributed by atoms with Crippen molar-refractivity contribution < 1.29 is 4.74 Å². The lowest BCUT2D eigenvalue weighted by atomic mass is 9.96. The van der Waals surface area contributed by atoms with Crippen molar-refractivity contribution in [2.45, 2.75) is 31.7 Å². The molecule has 2 saturated carbocycles. The van der Waals surface area contributed by atoms with E-state index in [0.29, 0.717) is 6.04 Å². The van der Waals surface area contributed by atoms with Gasteiger partial charge in [-0.1, -0.05) is 6.42 Å². The molecule has 1 aromatic rings. The molecule has 1 heterocycles. The Labute approximate surface area is 143 Å². The van der Waals surface area contributed by atoms with Gasteiger partial charge in [-0.15, -0.1) is 0 Å². The van der Waals surface area contributed by atoms with Gasteiger partial charge in [0.05, 0.1) is 13.2 Å². The van der Waals surface area contributed by atoms with Crippen molar-refractivity contribution in [3.8, 4) is 0 Å². The maximum Gasteiger partial charge on any atom is 0.171 e. The first-order valence-corrected chi connectivity index (χ1v) is 9.19. The molecule has 1 aliphatic heterocycles. The van der Waals surface area contributed by atoms with Crippen molar-refractivity contribution in [1.82, 2.24) is 5.32 Å². The lowest BCUT2D eigenvalue weighted by molar-refractivity contribution is 0.122. The molecule has 0 spiro atoms. The highest BCUT2D eigenvalue weighted by Crippen LogP contribution is 2.44. The maximum absolute atomic E-state index is 5.50. The molecule has 3 aliphatic rings. The minimum absolute atomic E-state index is 0.585. The van der Waals surface area contributed by atoms with Gasteiger partial charge in [-0.25, -0.2) is 0 Å². The van der Waals surface area contributed by atoms with E-state index in [2.05, 4.69) is 39.8 Å². The molecule has 3 atom stereocenters. The Kier molecular flexibility index (Phi) is 4.40. The van der Waals surface area contributed by atoms with Crippen LogP contribution in [0.2, 0.25) is 0 Å². The summed E-state index contributed by atoms with van der Waals surface area (Å²) in [6, 6.07) is 9.13. The van der Waals surface area contributed by atoms with E-state index in [-0.39, 0.29) is 0 Å². The Morgan fingerprint density at radius 3 is 2.52 bits per heavy atom. The number of hydrogen-bond donors (Lipinski definition) is 2. The third kappa shape index (κ3) is 3.45. The summed E-state index contributed by atoms with van der Waals surface area (Å²) in [6.45, 7) is 3.57. The van der Waals surface area contributed by atoms with Gasteiger partial charge < -0.3 is 20.3 Å². The molecule has 23 heavy (non-hydrogen) atoms. The van der Waals surface area contributed by atoms with Crippen molar-refractivity contribution in [2.75, 3.05) is 36.5 Å². The summed E-state index contributed by atoms with van der Waals surface area (Å²) >= 11 is 5.50. The fraction of sp³-hybridized carbons (Fsp3) is 0.611. The van der Waals surface area contributed by atoms with E-state index < -0.39 is 0 Å². The molecule has 2 aliphatic carbocycles. The second-order valence-electron chi connectivity index (χ2n) is 7.03. The Hall–Kier alpha value is -1.33. The van der Waals surface area contributed by atoms with E-state index in [1.807, 2.05) is 0 Å². The first-order chi connectivity index (χ1) is 11.3. The lowest BCUT2D eigenvalue weighted by Gasteiger charge is -2.29. The zero-order chi connectivity index (χ0) is 15.6. The van der Waals surface area contributed by atoms with Crippen molar-refractivity contribution in [3.05, 3.63) is 24.3 Å². The number of nitrogens with one attached hydrogen (secondary N) is 2. The molecule has 4 nitrogen and oxygen atoms in total. The van der Waals surface area contributed by atoms with Crippen LogP contribution < -0.4 is 15.5 Å². The van der Waals surface area contributed by atoms with Crippen molar-refractivity contribution in [1.29, 1.82) is 0 Å². The highest BCUT2D eigenvalue weighted by molar-refractivity contribution is 7.80. The number of thiocarbonyl (C=S) groups is 1. The SMILES string of the molecule is S=C(Nc1ccc(N2CCOCC2)cc1)N[C@@H]1C[C@@H]2CC[C@@H]1C2. The van der Waals surface area contributed by atoms with Gasteiger partial charge in [0.15, 0.2) is 5.11 Å². The standard InChI is InChI=1S/C18H25N3OS/c23-18(20-17-12-13-1-2-14(17)11-13)19-15-3-5-16(6-4-15)21-7-9-22-10-8-21/h3-6,13-14,17H,1-2,7-12H2,(H2,19,20,23)/t13-,14-,17-/m1/s1. The monoisotopic (exact) mass is 331 g/mol. The summed E-state index contributed by atoms with van der Waals surface area (Å²) in [7, 11) is 0. The van der Waals surface area contributed by atoms with E-state index >= 15 is 0 Å². The average Bonchev–Trinajstić information content (AvgIpc) is 3.19. The number of ether oxygens (including phenoxy) is 1. The van der Waals surface area contributed by atoms with Crippen LogP contribution in [-0.4, -0.2) is 37.5 Å². The van der Waals surface area contributed by atoms with E-state index in [4.69, 9.17) is 17.0 Å². The molecule has 124 valence electrons. The van der Waals surface area contributed by atoms with E-state index in [1.54, 1.807) is 0 Å². The molecule has 2 bridgehead atoms. The Morgan fingerprint density at radius 1 is 1.09 bits per heavy atom. The molecule has 1 saturated heterocycles. The van der Waals surface area contributed by atoms with Gasteiger partial charge >= 0.3 is 0 Å². The third-order valence-electron chi connectivity index (χ3n) is 5.56. The Bertz CT molecular complexity index is 556. The molecule has 2 N–H and O–H groups in total. The maximum atomic E-state index is 5.50. The van der Waals surface area contributed by atoms with Gasteiger partial charge in [-0.05, 0) is 67.6 Å². The fourth-order valence-corrected chi connectivity index (χ4v) is 4.60. The van der Waals surface area contributed by atoms with Crippen LogP contribution in [0.3, 0.4) is 0 Å². The van der Waals surface area contributed by atoms with Crippen LogP contribution >= 0.6 is 12.2 Å². The van der Waals surface area contributed by atoms with Crippen molar-refractivity contribution >= 4 is 28.7 Å². The zero-order valence-corrected chi connectivity index (χ0v) is 14.3. The highest BCUT2D eigenvalue weighted by Gasteiger charge is 2.39. The van der Waals surface area contributed by atoms with Gasteiger partial charge in [0.1, 0.15) is 0 Å². The minimum Gasteiger partial charge on any atom is -0.378 e. The van der Waals surface area contributed by atoms with Crippen molar-refractivity contribution in [3.63, 3.8) is 0 Å². The topological polar surface area (TPSA) is 36.5 Å². The van der Waals surface area contributed by atoms with Gasteiger partial charge in [-0.2, -0.15) is 0 Å². The first-order valence-electron chi connectivity index (χ1n) is 8.78. The van der Waals surface area contributed by atoms with E-state index in [9.17, 15) is 0 Å². The number of nitrogens with zero attached hydrogens (tertiary/aromatic N) is 1.